The first-order valence-electron chi connectivity index (χ1n) is 14.5. The van der Waals surface area contributed by atoms with Gasteiger partial charge in [-0.15, -0.1) is 0 Å². The van der Waals surface area contributed by atoms with Crippen LogP contribution in [0.3, 0.4) is 0 Å². The Hall–Kier alpha value is -3.82. The molecule has 220 valence electrons. The van der Waals surface area contributed by atoms with Crippen molar-refractivity contribution < 1.29 is 14.4 Å². The second-order valence-electron chi connectivity index (χ2n) is 10.8. The lowest BCUT2D eigenvalue weighted by Gasteiger charge is -2.54. The van der Waals surface area contributed by atoms with Crippen LogP contribution in [0.1, 0.15) is 35.4 Å². The van der Waals surface area contributed by atoms with Gasteiger partial charge in [-0.2, -0.15) is 11.8 Å². The maximum atomic E-state index is 14.0. The van der Waals surface area contributed by atoms with E-state index in [1.807, 2.05) is 77.9 Å². The van der Waals surface area contributed by atoms with Crippen LogP contribution >= 0.6 is 11.8 Å². The number of hydrogen-bond donors (Lipinski definition) is 1. The van der Waals surface area contributed by atoms with Crippen LogP contribution in [0.4, 0.5) is 4.79 Å². The highest BCUT2D eigenvalue weighted by Crippen LogP contribution is 2.31. The molecule has 2 aliphatic heterocycles. The molecule has 2 saturated heterocycles. The molecule has 42 heavy (non-hydrogen) atoms. The Morgan fingerprint density at radius 3 is 2.12 bits per heavy atom. The molecule has 0 aromatic heterocycles. The van der Waals surface area contributed by atoms with Gasteiger partial charge in [0, 0.05) is 26.1 Å². The smallest absolute Gasteiger partial charge is 0.334 e. The Morgan fingerprint density at radius 1 is 0.929 bits per heavy atom. The van der Waals surface area contributed by atoms with Crippen molar-refractivity contribution in [1.82, 2.24) is 25.1 Å². The van der Waals surface area contributed by atoms with Crippen LogP contribution < -0.4 is 5.32 Å². The number of hydrogen-bond acceptors (Lipinski definition) is 5. The molecule has 2 atom stereocenters. The summed E-state index contributed by atoms with van der Waals surface area (Å²) < 4.78 is 0. The first kappa shape index (κ1) is 29.7. The molecule has 0 radical (unpaired) electrons. The van der Waals surface area contributed by atoms with E-state index < -0.39 is 12.2 Å². The van der Waals surface area contributed by atoms with Crippen molar-refractivity contribution in [3.05, 3.63) is 108 Å². The zero-order valence-electron chi connectivity index (χ0n) is 24.3. The molecule has 2 heterocycles. The molecular weight excluding hydrogens is 546 g/mol. The van der Waals surface area contributed by atoms with Crippen LogP contribution in [-0.2, 0) is 16.1 Å². The van der Waals surface area contributed by atoms with Crippen LogP contribution in [0.2, 0.25) is 0 Å². The van der Waals surface area contributed by atoms with Gasteiger partial charge in [0.15, 0.2) is 0 Å². The van der Waals surface area contributed by atoms with E-state index in [1.165, 1.54) is 11.1 Å². The zero-order chi connectivity index (χ0) is 29.5. The third-order valence-corrected chi connectivity index (χ3v) is 8.77. The topological polar surface area (TPSA) is 76.2 Å². The molecule has 8 nitrogen and oxygen atoms in total. The Labute approximate surface area is 252 Å². The van der Waals surface area contributed by atoms with Crippen molar-refractivity contribution in [1.29, 1.82) is 0 Å². The van der Waals surface area contributed by atoms with E-state index in [4.69, 9.17) is 0 Å². The molecule has 0 bridgehead atoms. The van der Waals surface area contributed by atoms with Crippen molar-refractivity contribution in [3.8, 4) is 0 Å². The van der Waals surface area contributed by atoms with E-state index in [0.717, 1.165) is 17.7 Å². The third kappa shape index (κ3) is 6.63. The van der Waals surface area contributed by atoms with Crippen LogP contribution in [0.5, 0.6) is 0 Å². The lowest BCUT2D eigenvalue weighted by molar-refractivity contribution is -0.187. The highest BCUT2D eigenvalue weighted by Gasteiger charge is 2.50. The molecule has 4 amide bonds. The lowest BCUT2D eigenvalue weighted by atomic mass is 9.88. The number of nitrogens with zero attached hydrogens (tertiary/aromatic N) is 4. The monoisotopic (exact) mass is 585 g/mol. The summed E-state index contributed by atoms with van der Waals surface area (Å²) in [5, 5.41) is 6.33. The minimum Gasteiger partial charge on any atom is -0.337 e. The fourth-order valence-electron chi connectivity index (χ4n) is 6.05. The molecule has 3 aromatic rings. The summed E-state index contributed by atoms with van der Waals surface area (Å²) in [6.07, 6.45) is 2.69. The molecule has 0 aliphatic carbocycles. The van der Waals surface area contributed by atoms with E-state index in [0.29, 0.717) is 19.5 Å². The number of fused-ring (bicyclic) bond motifs is 1. The minimum absolute atomic E-state index is 0.0391. The average molecular weight is 586 g/mol. The number of urea groups is 1. The van der Waals surface area contributed by atoms with Crippen LogP contribution in [0.15, 0.2) is 91.0 Å². The van der Waals surface area contributed by atoms with Gasteiger partial charge >= 0.3 is 6.03 Å². The minimum atomic E-state index is -0.603. The van der Waals surface area contributed by atoms with E-state index in [1.54, 1.807) is 33.7 Å². The zero-order valence-corrected chi connectivity index (χ0v) is 25.1. The van der Waals surface area contributed by atoms with Gasteiger partial charge in [-0.05, 0) is 41.5 Å². The second kappa shape index (κ2) is 13.9. The molecule has 3 aromatic carbocycles. The van der Waals surface area contributed by atoms with E-state index in [9.17, 15) is 14.4 Å². The van der Waals surface area contributed by atoms with Crippen LogP contribution in [-0.4, -0.2) is 88.6 Å². The molecule has 2 aliphatic rings. The van der Waals surface area contributed by atoms with Gasteiger partial charge < -0.3 is 15.1 Å². The lowest BCUT2D eigenvalue weighted by Crippen LogP contribution is -2.76. The highest BCUT2D eigenvalue weighted by molar-refractivity contribution is 7.98. The van der Waals surface area contributed by atoms with Crippen LogP contribution in [0.25, 0.3) is 0 Å². The third-order valence-electron chi connectivity index (χ3n) is 8.12. The molecular formula is C33H39N5O3S. The Bertz CT molecular complexity index is 1300. The predicted octanol–water partition coefficient (Wildman–Crippen LogP) is 4.40. The summed E-state index contributed by atoms with van der Waals surface area (Å²) in [4.78, 5) is 44.5. The van der Waals surface area contributed by atoms with Crippen molar-refractivity contribution in [2.45, 2.75) is 37.5 Å². The molecule has 0 saturated carbocycles. The van der Waals surface area contributed by atoms with Gasteiger partial charge in [-0.25, -0.2) is 14.8 Å². The number of benzene rings is 3. The van der Waals surface area contributed by atoms with Crippen LogP contribution in [0, 0.1) is 0 Å². The summed E-state index contributed by atoms with van der Waals surface area (Å²) in [6.45, 7) is 1.20. The number of thioether (sulfide) groups is 1. The number of amides is 4. The largest absolute Gasteiger partial charge is 0.337 e. The summed E-state index contributed by atoms with van der Waals surface area (Å²) in [5.41, 5.74) is 3.39. The van der Waals surface area contributed by atoms with E-state index in [2.05, 4.69) is 29.6 Å². The molecule has 2 fully saturated rings. The van der Waals surface area contributed by atoms with E-state index in [-0.39, 0.29) is 36.9 Å². The second-order valence-corrected chi connectivity index (χ2v) is 11.8. The first-order chi connectivity index (χ1) is 20.5. The van der Waals surface area contributed by atoms with Gasteiger partial charge in [-0.3, -0.25) is 9.59 Å². The van der Waals surface area contributed by atoms with Gasteiger partial charge in [0.1, 0.15) is 12.2 Å². The number of hydrazine groups is 1. The highest BCUT2D eigenvalue weighted by atomic mass is 32.2. The maximum Gasteiger partial charge on any atom is 0.334 e. The summed E-state index contributed by atoms with van der Waals surface area (Å²) >= 11 is 1.65. The number of likely N-dealkylation sites (N-methyl/N-ethyl adjacent to an activating group) is 1. The number of nitrogens with one attached hydrogen (secondary N) is 1. The Morgan fingerprint density at radius 2 is 1.52 bits per heavy atom. The number of carbonyl (C=O) groups excluding carboxylic acids is 3. The van der Waals surface area contributed by atoms with Gasteiger partial charge in [-0.1, -0.05) is 91.0 Å². The Kier molecular flexibility index (Phi) is 9.81. The summed E-state index contributed by atoms with van der Waals surface area (Å²) in [7, 11) is 1.76. The molecule has 0 spiro atoms. The van der Waals surface area contributed by atoms with Crippen molar-refractivity contribution in [3.63, 3.8) is 0 Å². The summed E-state index contributed by atoms with van der Waals surface area (Å²) in [6, 6.07) is 29.6. The van der Waals surface area contributed by atoms with Crippen molar-refractivity contribution in [2.24, 2.45) is 0 Å². The SMILES string of the molecule is CSCCC1C(=O)N(CCC(c2ccccc2)c2ccccc2)C[C@H]2N1C(=O)CN(C)N2C(=O)NCc1ccccc1. The van der Waals surface area contributed by atoms with E-state index >= 15 is 0 Å². The normalized spacial score (nSPS) is 19.3. The van der Waals surface area contributed by atoms with Gasteiger partial charge in [0.25, 0.3) is 0 Å². The first-order valence-corrected chi connectivity index (χ1v) is 15.9. The molecule has 9 heteroatoms. The quantitative estimate of drug-likeness (QED) is 0.382. The van der Waals surface area contributed by atoms with Crippen molar-refractivity contribution in [2.75, 3.05) is 38.7 Å². The number of piperazine rings is 1. The molecule has 1 N–H and O–H groups in total. The average Bonchev–Trinajstić information content (AvgIpc) is 3.01. The van der Waals surface area contributed by atoms with Gasteiger partial charge in [0.2, 0.25) is 11.8 Å². The molecule has 1 unspecified atom stereocenters. The predicted molar refractivity (Wildman–Crippen MR) is 166 cm³/mol. The number of rotatable bonds is 10. The number of carbonyl (C=O) groups is 3. The molecule has 5 rings (SSSR count). The standard InChI is InChI=1S/C33H39N5O3S/c1-35-24-31(39)37-29(19-21-42-2)32(40)36(23-30(37)38(35)33(41)34-22-25-12-6-3-7-13-25)20-18-28(26-14-8-4-9-15-26)27-16-10-5-11-17-27/h3-17,28-30H,18-24H2,1-2H3,(H,34,41)/t29?,30-/m0/s1. The summed E-state index contributed by atoms with van der Waals surface area (Å²) in [5.74, 6) is 0.694. The van der Waals surface area contributed by atoms with Gasteiger partial charge in [0.05, 0.1) is 13.1 Å². The Balaban J connectivity index is 1.39. The fourth-order valence-corrected chi connectivity index (χ4v) is 6.51. The van der Waals surface area contributed by atoms with Crippen molar-refractivity contribution >= 4 is 29.6 Å². The fraction of sp³-hybridized carbons (Fsp3) is 0.364. The maximum absolute atomic E-state index is 14.0.